The number of rotatable bonds is 0. The van der Waals surface area contributed by atoms with Crippen LogP contribution >= 0.6 is 11.3 Å². The van der Waals surface area contributed by atoms with Gasteiger partial charge in [0, 0.05) is 11.4 Å². The van der Waals surface area contributed by atoms with Crippen molar-refractivity contribution in [3.8, 4) is 5.88 Å². The number of aromatic nitrogens is 1. The fourth-order valence-electron chi connectivity index (χ4n) is 0.915. The summed E-state index contributed by atoms with van der Waals surface area (Å²) in [4.78, 5) is 2.75. The van der Waals surface area contributed by atoms with Crippen LogP contribution in [-0.4, -0.2) is 10.1 Å². The minimum atomic E-state index is 0.175. The van der Waals surface area contributed by atoms with Crippen LogP contribution in [0.1, 0.15) is 0 Å². The van der Waals surface area contributed by atoms with Crippen LogP contribution in [0, 0.1) is 0 Å². The van der Waals surface area contributed by atoms with Gasteiger partial charge in [0.05, 0.1) is 15.9 Å². The van der Waals surface area contributed by atoms with Crippen molar-refractivity contribution in [2.45, 2.75) is 0 Å². The number of fused-ring (bicyclic) bond motifs is 1. The summed E-state index contributed by atoms with van der Waals surface area (Å²) in [6.45, 7) is 0. The number of anilines is 1. The molecule has 0 fully saturated rings. The number of nitrogens with two attached hydrogens (primary N) is 1. The van der Waals surface area contributed by atoms with E-state index in [9.17, 15) is 0 Å². The summed E-state index contributed by atoms with van der Waals surface area (Å²) in [6, 6.07) is 1.66. The molecule has 0 spiro atoms. The molecule has 0 saturated carbocycles. The van der Waals surface area contributed by atoms with Gasteiger partial charge in [-0.05, 0) is 0 Å². The zero-order valence-electron chi connectivity index (χ0n) is 5.09. The highest BCUT2D eigenvalue weighted by Gasteiger charge is 2.03. The molecule has 4 heteroatoms. The van der Waals surface area contributed by atoms with Gasteiger partial charge in [-0.3, -0.25) is 0 Å². The molecule has 0 radical (unpaired) electrons. The fraction of sp³-hybridized carbons (Fsp3) is 0. The molecule has 2 heterocycles. The molecule has 0 aliphatic heterocycles. The maximum atomic E-state index is 8.96. The highest BCUT2D eigenvalue weighted by atomic mass is 32.1. The highest BCUT2D eigenvalue weighted by molar-refractivity contribution is 7.17. The minimum absolute atomic E-state index is 0.175. The maximum absolute atomic E-state index is 8.96. The van der Waals surface area contributed by atoms with E-state index >= 15 is 0 Å². The molecule has 52 valence electrons. The Hall–Kier alpha value is -1.16. The second-order valence-electron chi connectivity index (χ2n) is 2.08. The Kier molecular flexibility index (Phi) is 0.935. The standard InChI is InChI=1S/C6H6N2OS/c7-3-2-10-4-1-5(9)8-6(3)4/h1-2,8-9H,7H2. The van der Waals surface area contributed by atoms with Gasteiger partial charge in [-0.1, -0.05) is 0 Å². The lowest BCUT2D eigenvalue weighted by Gasteiger charge is -1.81. The van der Waals surface area contributed by atoms with Gasteiger partial charge >= 0.3 is 0 Å². The van der Waals surface area contributed by atoms with Crippen LogP contribution in [0.2, 0.25) is 0 Å². The third-order valence-electron chi connectivity index (χ3n) is 1.37. The number of aromatic hydroxyl groups is 1. The van der Waals surface area contributed by atoms with E-state index in [1.807, 2.05) is 5.38 Å². The van der Waals surface area contributed by atoms with Crippen molar-refractivity contribution >= 4 is 27.2 Å². The van der Waals surface area contributed by atoms with Crippen LogP contribution < -0.4 is 5.73 Å². The first-order chi connectivity index (χ1) is 4.77. The van der Waals surface area contributed by atoms with E-state index in [1.54, 1.807) is 6.07 Å². The molecule has 0 aliphatic carbocycles. The van der Waals surface area contributed by atoms with Crippen molar-refractivity contribution in [2.24, 2.45) is 0 Å². The molecular weight excluding hydrogens is 148 g/mol. The Morgan fingerprint density at radius 2 is 2.40 bits per heavy atom. The Labute approximate surface area is 61.1 Å². The third kappa shape index (κ3) is 0.593. The number of aromatic amines is 1. The molecule has 2 aromatic heterocycles. The van der Waals surface area contributed by atoms with Crippen LogP contribution in [-0.2, 0) is 0 Å². The molecule has 0 atom stereocenters. The van der Waals surface area contributed by atoms with Crippen molar-refractivity contribution in [1.82, 2.24) is 4.98 Å². The van der Waals surface area contributed by atoms with E-state index in [-0.39, 0.29) is 5.88 Å². The van der Waals surface area contributed by atoms with Gasteiger partial charge in [-0.2, -0.15) is 0 Å². The van der Waals surface area contributed by atoms with E-state index in [0.29, 0.717) is 5.69 Å². The number of nitrogens with one attached hydrogen (secondary N) is 1. The van der Waals surface area contributed by atoms with Crippen molar-refractivity contribution < 1.29 is 5.11 Å². The first-order valence-corrected chi connectivity index (χ1v) is 3.70. The summed E-state index contributed by atoms with van der Waals surface area (Å²) < 4.78 is 0.995. The predicted octanol–water partition coefficient (Wildman–Crippen LogP) is 1.52. The molecule has 0 unspecified atom stereocenters. The number of nitrogen functional groups attached to an aromatic ring is 1. The topological polar surface area (TPSA) is 62.0 Å². The Morgan fingerprint density at radius 1 is 1.60 bits per heavy atom. The molecule has 0 bridgehead atoms. The van der Waals surface area contributed by atoms with Crippen molar-refractivity contribution in [1.29, 1.82) is 0 Å². The van der Waals surface area contributed by atoms with E-state index < -0.39 is 0 Å². The smallest absolute Gasteiger partial charge is 0.190 e. The van der Waals surface area contributed by atoms with E-state index in [2.05, 4.69) is 4.98 Å². The van der Waals surface area contributed by atoms with E-state index in [0.717, 1.165) is 10.2 Å². The van der Waals surface area contributed by atoms with Crippen LogP contribution in [0.4, 0.5) is 5.69 Å². The van der Waals surface area contributed by atoms with Crippen molar-refractivity contribution in [3.63, 3.8) is 0 Å². The summed E-state index contributed by atoms with van der Waals surface area (Å²) in [7, 11) is 0. The van der Waals surface area contributed by atoms with E-state index in [4.69, 9.17) is 10.8 Å². The summed E-state index contributed by atoms with van der Waals surface area (Å²) >= 11 is 1.52. The first-order valence-electron chi connectivity index (χ1n) is 2.82. The van der Waals surface area contributed by atoms with Crippen LogP contribution in [0.5, 0.6) is 5.88 Å². The molecule has 10 heavy (non-hydrogen) atoms. The maximum Gasteiger partial charge on any atom is 0.190 e. The average Bonchev–Trinajstić information content (AvgIpc) is 2.35. The van der Waals surface area contributed by atoms with E-state index in [1.165, 1.54) is 11.3 Å². The quantitative estimate of drug-likeness (QED) is 0.538. The van der Waals surface area contributed by atoms with Gasteiger partial charge in [0.1, 0.15) is 0 Å². The molecule has 0 aliphatic rings. The predicted molar refractivity (Wildman–Crippen MR) is 42.3 cm³/mol. The molecule has 2 aromatic rings. The van der Waals surface area contributed by atoms with Crippen LogP contribution in [0.15, 0.2) is 11.4 Å². The Morgan fingerprint density at radius 3 is 3.10 bits per heavy atom. The van der Waals surface area contributed by atoms with Gasteiger partial charge in [0.15, 0.2) is 5.88 Å². The summed E-state index contributed by atoms with van der Waals surface area (Å²) in [5, 5.41) is 10.8. The largest absolute Gasteiger partial charge is 0.495 e. The zero-order valence-corrected chi connectivity index (χ0v) is 5.90. The highest BCUT2D eigenvalue weighted by Crippen LogP contribution is 2.29. The van der Waals surface area contributed by atoms with Gasteiger partial charge < -0.3 is 15.8 Å². The number of hydrogen-bond donors (Lipinski definition) is 3. The number of H-pyrrole nitrogens is 1. The van der Waals surface area contributed by atoms with Gasteiger partial charge in [0.25, 0.3) is 0 Å². The van der Waals surface area contributed by atoms with Gasteiger partial charge in [0.2, 0.25) is 0 Å². The average molecular weight is 154 g/mol. The van der Waals surface area contributed by atoms with Gasteiger partial charge in [-0.15, -0.1) is 11.3 Å². The Balaban J connectivity index is 2.90. The van der Waals surface area contributed by atoms with Crippen molar-refractivity contribution in [3.05, 3.63) is 11.4 Å². The lowest BCUT2D eigenvalue weighted by molar-refractivity contribution is 0.458. The molecule has 0 saturated heterocycles. The van der Waals surface area contributed by atoms with Crippen LogP contribution in [0.25, 0.3) is 10.2 Å². The lowest BCUT2D eigenvalue weighted by Crippen LogP contribution is -1.79. The molecule has 2 rings (SSSR count). The van der Waals surface area contributed by atoms with Crippen LogP contribution in [0.3, 0.4) is 0 Å². The zero-order chi connectivity index (χ0) is 7.14. The number of hydrogen-bond acceptors (Lipinski definition) is 3. The molecule has 0 amide bonds. The monoisotopic (exact) mass is 154 g/mol. The summed E-state index contributed by atoms with van der Waals surface area (Å²) in [5.41, 5.74) is 7.09. The molecule has 3 nitrogen and oxygen atoms in total. The lowest BCUT2D eigenvalue weighted by atomic mass is 10.4. The molecule has 0 aromatic carbocycles. The summed E-state index contributed by atoms with van der Waals surface area (Å²) in [5.74, 6) is 0.175. The normalized spacial score (nSPS) is 10.8. The number of thiophene rings is 1. The fourth-order valence-corrected chi connectivity index (χ4v) is 1.75. The minimum Gasteiger partial charge on any atom is -0.495 e. The SMILES string of the molecule is Nc1csc2cc(O)[nH]c12. The first kappa shape index (κ1) is 5.61. The second kappa shape index (κ2) is 1.67. The van der Waals surface area contributed by atoms with Gasteiger partial charge in [-0.25, -0.2) is 0 Å². The Bertz CT molecular complexity index is 363. The second-order valence-corrected chi connectivity index (χ2v) is 3.00. The molecular formula is C6H6N2OS. The summed E-state index contributed by atoms with van der Waals surface area (Å²) in [6.07, 6.45) is 0. The third-order valence-corrected chi connectivity index (χ3v) is 2.32. The molecule has 4 N–H and O–H groups in total. The van der Waals surface area contributed by atoms with Crippen molar-refractivity contribution in [2.75, 3.05) is 5.73 Å².